The van der Waals surface area contributed by atoms with Crippen LogP contribution in [0.25, 0.3) is 6.08 Å². The van der Waals surface area contributed by atoms with Gasteiger partial charge in [-0.2, -0.15) is 4.80 Å². The fourth-order valence-corrected chi connectivity index (χ4v) is 6.98. The maximum Gasteiger partial charge on any atom is 0.237 e. The summed E-state index contributed by atoms with van der Waals surface area (Å²) in [7, 11) is 0.0808. The second-order valence-electron chi connectivity index (χ2n) is 10.2. The average molecular weight is 528 g/mol. The van der Waals surface area contributed by atoms with E-state index in [1.807, 2.05) is 54.6 Å². The highest BCUT2D eigenvalue weighted by atomic mass is 35.5. The number of fused-ring (bicyclic) bond motifs is 1. The first-order valence-corrected chi connectivity index (χ1v) is 14.9. The summed E-state index contributed by atoms with van der Waals surface area (Å²) < 4.78 is 17.9. The fourth-order valence-electron chi connectivity index (χ4n) is 4.17. The lowest BCUT2D eigenvalue weighted by Gasteiger charge is -2.32. The Kier molecular flexibility index (Phi) is 8.14. The van der Waals surface area contributed by atoms with Crippen molar-refractivity contribution in [2.45, 2.75) is 51.2 Å². The first-order chi connectivity index (χ1) is 17.1. The zero-order valence-corrected chi connectivity index (χ0v) is 23.4. The van der Waals surface area contributed by atoms with Crippen LogP contribution in [0.1, 0.15) is 43.8 Å². The van der Waals surface area contributed by atoms with Crippen molar-refractivity contribution in [1.29, 1.82) is 0 Å². The molecule has 2 heterocycles. The third-order valence-corrected chi connectivity index (χ3v) is 8.65. The van der Waals surface area contributed by atoms with Crippen LogP contribution in [0.15, 0.2) is 54.6 Å². The molecule has 0 saturated heterocycles. The van der Waals surface area contributed by atoms with E-state index in [2.05, 4.69) is 48.0 Å². The maximum absolute atomic E-state index is 6.78. The zero-order chi connectivity index (χ0) is 25.8. The molecular formula is C26H34ClN5O3Si. The van der Waals surface area contributed by atoms with Crippen LogP contribution in [-0.2, 0) is 15.7 Å². The number of alkyl halides is 1. The molecule has 2 aromatic carbocycles. The molecule has 0 saturated carbocycles. The van der Waals surface area contributed by atoms with Crippen molar-refractivity contribution in [3.05, 3.63) is 71.6 Å². The number of tetrazole rings is 1. The smallest absolute Gasteiger partial charge is 0.237 e. The van der Waals surface area contributed by atoms with Crippen LogP contribution >= 0.6 is 11.6 Å². The van der Waals surface area contributed by atoms with E-state index in [1.54, 1.807) is 18.0 Å². The third-order valence-electron chi connectivity index (χ3n) is 5.72. The molecule has 3 aromatic rings. The van der Waals surface area contributed by atoms with Crippen LogP contribution in [0.2, 0.25) is 12.6 Å². The molecule has 192 valence electrons. The number of hydrogen-bond donors (Lipinski definition) is 1. The zero-order valence-electron chi connectivity index (χ0n) is 21.4. The van der Waals surface area contributed by atoms with Gasteiger partial charge in [-0.15, -0.1) is 10.2 Å². The molecule has 0 aliphatic carbocycles. The summed E-state index contributed by atoms with van der Waals surface area (Å²) in [6.07, 6.45) is 3.27. The molecule has 1 aliphatic heterocycles. The Morgan fingerprint density at radius 3 is 2.61 bits per heavy atom. The van der Waals surface area contributed by atoms with Crippen molar-refractivity contribution < 1.29 is 13.9 Å². The van der Waals surface area contributed by atoms with Gasteiger partial charge in [0, 0.05) is 5.69 Å². The van der Waals surface area contributed by atoms with E-state index in [4.69, 9.17) is 25.5 Å². The maximum atomic E-state index is 6.78. The minimum absolute atomic E-state index is 0.168. The van der Waals surface area contributed by atoms with E-state index in [0.29, 0.717) is 12.4 Å². The standard InChI is InChI=1S/C26H34ClN5O3Si/c1-25(2,3)18-36(5)35-23(17-34-26(27)15-14-20-8-6-7-9-22(20)28-26)24-29-31-32(30-24)16-19-10-12-21(33-4)13-11-19/h6-15,23,28,36H,16-18H2,1-5H3. The van der Waals surface area contributed by atoms with Crippen molar-refractivity contribution in [1.82, 2.24) is 20.2 Å². The van der Waals surface area contributed by atoms with E-state index in [9.17, 15) is 0 Å². The van der Waals surface area contributed by atoms with Crippen molar-refractivity contribution in [2.24, 2.45) is 5.41 Å². The number of anilines is 1. The molecule has 0 amide bonds. The van der Waals surface area contributed by atoms with E-state index >= 15 is 0 Å². The van der Waals surface area contributed by atoms with Crippen LogP contribution in [0, 0.1) is 5.41 Å². The molecule has 0 bridgehead atoms. The monoisotopic (exact) mass is 527 g/mol. The predicted octanol–water partition coefficient (Wildman–Crippen LogP) is 5.24. The Balaban J connectivity index is 1.48. The minimum Gasteiger partial charge on any atom is -0.497 e. The van der Waals surface area contributed by atoms with Crippen molar-refractivity contribution in [3.8, 4) is 5.75 Å². The fraction of sp³-hybridized carbons (Fsp3) is 0.423. The summed E-state index contributed by atoms with van der Waals surface area (Å²) in [5.74, 6) is 1.29. The van der Waals surface area contributed by atoms with Gasteiger partial charge in [0.05, 0.1) is 20.3 Å². The topological polar surface area (TPSA) is 83.3 Å². The lowest BCUT2D eigenvalue weighted by molar-refractivity contribution is 0.00635. The van der Waals surface area contributed by atoms with E-state index in [1.165, 1.54) is 0 Å². The second-order valence-corrected chi connectivity index (χ2v) is 13.1. The quantitative estimate of drug-likeness (QED) is 0.219. The van der Waals surface area contributed by atoms with Crippen LogP contribution in [0.5, 0.6) is 5.75 Å². The molecule has 8 nitrogen and oxygen atoms in total. The van der Waals surface area contributed by atoms with Gasteiger partial charge in [-0.05, 0) is 58.6 Å². The van der Waals surface area contributed by atoms with E-state index in [0.717, 1.165) is 28.6 Å². The molecule has 36 heavy (non-hydrogen) atoms. The Labute approximate surface area is 219 Å². The number of hydrogen-bond acceptors (Lipinski definition) is 7. The van der Waals surface area contributed by atoms with Gasteiger partial charge in [0.2, 0.25) is 11.0 Å². The Bertz CT molecular complexity index is 1180. The average Bonchev–Trinajstić information content (AvgIpc) is 3.29. The molecule has 10 heteroatoms. The normalized spacial score (nSPS) is 18.8. The van der Waals surface area contributed by atoms with Crippen molar-refractivity contribution >= 4 is 32.4 Å². The molecule has 1 N–H and O–H groups in total. The largest absolute Gasteiger partial charge is 0.497 e. The van der Waals surface area contributed by atoms with Crippen LogP contribution < -0.4 is 10.1 Å². The van der Waals surface area contributed by atoms with E-state index < -0.39 is 20.3 Å². The first-order valence-electron chi connectivity index (χ1n) is 12.1. The third kappa shape index (κ3) is 7.16. The number of methoxy groups -OCH3 is 1. The predicted molar refractivity (Wildman–Crippen MR) is 145 cm³/mol. The second kappa shape index (κ2) is 11.1. The lowest BCUT2D eigenvalue weighted by atomic mass is 10.0. The summed E-state index contributed by atoms with van der Waals surface area (Å²) >= 11 is 6.78. The number of ether oxygens (including phenoxy) is 2. The molecule has 3 atom stereocenters. The molecule has 0 fully saturated rings. The molecule has 4 rings (SSSR count). The van der Waals surface area contributed by atoms with Crippen molar-refractivity contribution in [3.63, 3.8) is 0 Å². The number of nitrogens with zero attached hydrogens (tertiary/aromatic N) is 4. The van der Waals surface area contributed by atoms with Gasteiger partial charge in [0.1, 0.15) is 11.9 Å². The number of halogens is 1. The van der Waals surface area contributed by atoms with Gasteiger partial charge in [-0.3, -0.25) is 0 Å². The Morgan fingerprint density at radius 2 is 1.89 bits per heavy atom. The summed E-state index contributed by atoms with van der Waals surface area (Å²) in [6, 6.07) is 16.7. The summed E-state index contributed by atoms with van der Waals surface area (Å²) in [6.45, 7) is 9.51. The van der Waals surface area contributed by atoms with Crippen LogP contribution in [0.4, 0.5) is 5.69 Å². The summed E-state index contributed by atoms with van der Waals surface area (Å²) in [5, 5.41) is 15.3. The molecule has 1 aliphatic rings. The molecule has 1 aromatic heterocycles. The number of aromatic nitrogens is 4. The number of benzene rings is 2. The molecule has 0 radical (unpaired) electrons. The summed E-state index contributed by atoms with van der Waals surface area (Å²) in [4.78, 5) is 1.56. The summed E-state index contributed by atoms with van der Waals surface area (Å²) in [5.41, 5.74) is 3.17. The lowest BCUT2D eigenvalue weighted by Crippen LogP contribution is -2.37. The minimum atomic E-state index is -1.57. The Hall–Kier alpha value is -2.72. The molecular weight excluding hydrogens is 494 g/mol. The Morgan fingerprint density at radius 1 is 1.14 bits per heavy atom. The van der Waals surface area contributed by atoms with Gasteiger partial charge in [0.15, 0.2) is 9.04 Å². The number of para-hydroxylation sites is 1. The highest BCUT2D eigenvalue weighted by Gasteiger charge is 2.32. The highest BCUT2D eigenvalue weighted by Crippen LogP contribution is 2.33. The SMILES string of the molecule is COc1ccc(Cn2nnc(C(COC3(Cl)C=Cc4ccccc4N3)O[SiH](C)CC(C)(C)C)n2)cc1. The van der Waals surface area contributed by atoms with Gasteiger partial charge < -0.3 is 19.2 Å². The first kappa shape index (κ1) is 26.3. The van der Waals surface area contributed by atoms with Gasteiger partial charge in [-0.25, -0.2) is 0 Å². The van der Waals surface area contributed by atoms with Gasteiger partial charge in [0.25, 0.3) is 0 Å². The number of nitrogens with one attached hydrogen (secondary N) is 1. The number of rotatable bonds is 10. The van der Waals surface area contributed by atoms with Crippen LogP contribution in [0.3, 0.4) is 0 Å². The van der Waals surface area contributed by atoms with E-state index in [-0.39, 0.29) is 12.0 Å². The molecule has 0 spiro atoms. The highest BCUT2D eigenvalue weighted by molar-refractivity contribution is 6.50. The molecule has 3 unspecified atom stereocenters. The van der Waals surface area contributed by atoms with Crippen LogP contribution in [-0.4, -0.2) is 48.1 Å². The van der Waals surface area contributed by atoms with Gasteiger partial charge >= 0.3 is 0 Å². The van der Waals surface area contributed by atoms with Gasteiger partial charge in [-0.1, -0.05) is 68.8 Å². The van der Waals surface area contributed by atoms with Crippen molar-refractivity contribution in [2.75, 3.05) is 19.0 Å².